The minimum absolute atomic E-state index is 0.116. The molecule has 0 amide bonds. The second kappa shape index (κ2) is 5.53. The Morgan fingerprint density at radius 3 is 2.84 bits per heavy atom. The summed E-state index contributed by atoms with van der Waals surface area (Å²) in [5, 5.41) is 12.0. The van der Waals surface area contributed by atoms with Gasteiger partial charge in [-0.15, -0.1) is 0 Å². The van der Waals surface area contributed by atoms with E-state index in [1.165, 1.54) is 12.4 Å². The van der Waals surface area contributed by atoms with Crippen molar-refractivity contribution in [3.05, 3.63) is 46.9 Å². The number of aryl methyl sites for hydroxylation is 1. The number of ether oxygens (including phenoxy) is 1. The zero-order valence-electron chi connectivity index (χ0n) is 10.0. The standard InChI is InChI=1S/C12H11ClN4O2/c1-7-2-3-8(13)9(6-7)19-12-10(11(14)17-18)15-4-5-16-12/h2-6,18H,1H3,(H2,14,17). The zero-order chi connectivity index (χ0) is 13.8. The lowest BCUT2D eigenvalue weighted by atomic mass is 10.2. The number of amidine groups is 1. The molecule has 0 atom stereocenters. The summed E-state index contributed by atoms with van der Waals surface area (Å²) in [6, 6.07) is 5.33. The fraction of sp³-hybridized carbons (Fsp3) is 0.0833. The predicted molar refractivity (Wildman–Crippen MR) is 70.8 cm³/mol. The van der Waals surface area contributed by atoms with Crippen LogP contribution in [-0.4, -0.2) is 21.0 Å². The maximum absolute atomic E-state index is 8.69. The van der Waals surface area contributed by atoms with E-state index in [1.807, 2.05) is 13.0 Å². The monoisotopic (exact) mass is 278 g/mol. The molecular weight excluding hydrogens is 268 g/mol. The molecule has 0 aliphatic rings. The second-order valence-corrected chi connectivity index (χ2v) is 4.14. The van der Waals surface area contributed by atoms with E-state index in [0.717, 1.165) is 5.56 Å². The summed E-state index contributed by atoms with van der Waals surface area (Å²) in [5.41, 5.74) is 6.62. The molecule has 0 saturated carbocycles. The third-order valence-corrected chi connectivity index (χ3v) is 2.62. The minimum Gasteiger partial charge on any atom is -0.435 e. The average molecular weight is 279 g/mol. The van der Waals surface area contributed by atoms with Gasteiger partial charge in [0.25, 0.3) is 0 Å². The molecule has 6 nitrogen and oxygen atoms in total. The number of hydrogen-bond donors (Lipinski definition) is 2. The lowest BCUT2D eigenvalue weighted by Gasteiger charge is -2.09. The average Bonchev–Trinajstić information content (AvgIpc) is 2.42. The van der Waals surface area contributed by atoms with Crippen LogP contribution in [0, 0.1) is 6.92 Å². The normalized spacial score (nSPS) is 11.4. The van der Waals surface area contributed by atoms with Crippen LogP contribution in [0.25, 0.3) is 0 Å². The number of nitrogens with two attached hydrogens (primary N) is 1. The molecule has 0 spiro atoms. The third-order valence-electron chi connectivity index (χ3n) is 2.31. The smallest absolute Gasteiger partial charge is 0.249 e. The fourth-order valence-electron chi connectivity index (χ4n) is 1.42. The summed E-state index contributed by atoms with van der Waals surface area (Å²) in [7, 11) is 0. The van der Waals surface area contributed by atoms with E-state index in [1.54, 1.807) is 12.1 Å². The van der Waals surface area contributed by atoms with E-state index in [4.69, 9.17) is 27.3 Å². The molecule has 2 aromatic rings. The van der Waals surface area contributed by atoms with Gasteiger partial charge in [0.1, 0.15) is 5.75 Å². The highest BCUT2D eigenvalue weighted by molar-refractivity contribution is 6.32. The summed E-state index contributed by atoms with van der Waals surface area (Å²) in [6.07, 6.45) is 2.85. The van der Waals surface area contributed by atoms with Crippen molar-refractivity contribution in [1.29, 1.82) is 0 Å². The number of benzene rings is 1. The molecule has 0 aliphatic heterocycles. The van der Waals surface area contributed by atoms with Gasteiger partial charge in [0.2, 0.25) is 5.88 Å². The van der Waals surface area contributed by atoms with Crippen molar-refractivity contribution in [3.8, 4) is 11.6 Å². The molecule has 98 valence electrons. The molecule has 0 saturated heterocycles. The van der Waals surface area contributed by atoms with Gasteiger partial charge >= 0.3 is 0 Å². The van der Waals surface area contributed by atoms with Crippen LogP contribution >= 0.6 is 11.6 Å². The van der Waals surface area contributed by atoms with Crippen LogP contribution in [0.15, 0.2) is 35.7 Å². The van der Waals surface area contributed by atoms with Crippen LogP contribution in [0.4, 0.5) is 0 Å². The first-order chi connectivity index (χ1) is 9.11. The molecule has 1 heterocycles. The number of nitrogens with zero attached hydrogens (tertiary/aromatic N) is 3. The van der Waals surface area contributed by atoms with E-state index < -0.39 is 0 Å². The highest BCUT2D eigenvalue weighted by Gasteiger charge is 2.13. The van der Waals surface area contributed by atoms with Crippen molar-refractivity contribution in [2.24, 2.45) is 10.9 Å². The molecule has 0 fully saturated rings. The van der Waals surface area contributed by atoms with E-state index >= 15 is 0 Å². The number of aromatic nitrogens is 2. The van der Waals surface area contributed by atoms with Gasteiger partial charge in [0, 0.05) is 12.4 Å². The molecule has 1 aromatic heterocycles. The first-order valence-corrected chi connectivity index (χ1v) is 5.72. The van der Waals surface area contributed by atoms with E-state index in [0.29, 0.717) is 10.8 Å². The van der Waals surface area contributed by atoms with Crippen molar-refractivity contribution in [2.45, 2.75) is 6.92 Å². The maximum Gasteiger partial charge on any atom is 0.249 e. The van der Waals surface area contributed by atoms with Gasteiger partial charge in [-0.05, 0) is 24.6 Å². The Hall–Kier alpha value is -2.34. The molecule has 19 heavy (non-hydrogen) atoms. The number of halogens is 1. The van der Waals surface area contributed by atoms with Crippen molar-refractivity contribution in [2.75, 3.05) is 0 Å². The lowest BCUT2D eigenvalue weighted by molar-refractivity contribution is 0.318. The van der Waals surface area contributed by atoms with Crippen molar-refractivity contribution < 1.29 is 9.94 Å². The number of hydrogen-bond acceptors (Lipinski definition) is 5. The topological polar surface area (TPSA) is 93.6 Å². The number of oxime groups is 1. The summed E-state index contributed by atoms with van der Waals surface area (Å²) >= 11 is 6.03. The van der Waals surface area contributed by atoms with Crippen molar-refractivity contribution in [1.82, 2.24) is 9.97 Å². The Morgan fingerprint density at radius 2 is 2.11 bits per heavy atom. The minimum atomic E-state index is -0.188. The molecule has 0 bridgehead atoms. The van der Waals surface area contributed by atoms with Crippen LogP contribution in [0.3, 0.4) is 0 Å². The fourth-order valence-corrected chi connectivity index (χ4v) is 1.57. The molecular formula is C12H11ClN4O2. The molecule has 0 aliphatic carbocycles. The van der Waals surface area contributed by atoms with Crippen LogP contribution in [0.5, 0.6) is 11.6 Å². The highest BCUT2D eigenvalue weighted by atomic mass is 35.5. The quantitative estimate of drug-likeness (QED) is 0.389. The second-order valence-electron chi connectivity index (χ2n) is 3.73. The van der Waals surface area contributed by atoms with Crippen LogP contribution in [0.2, 0.25) is 5.02 Å². The molecule has 1 aromatic carbocycles. The number of rotatable bonds is 3. The van der Waals surface area contributed by atoms with Crippen LogP contribution < -0.4 is 10.5 Å². The Bertz CT molecular complexity index is 631. The Labute approximate surface area is 114 Å². The van der Waals surface area contributed by atoms with E-state index in [2.05, 4.69) is 15.1 Å². The van der Waals surface area contributed by atoms with Crippen LogP contribution in [0.1, 0.15) is 11.3 Å². The maximum atomic E-state index is 8.69. The van der Waals surface area contributed by atoms with Gasteiger partial charge < -0.3 is 15.7 Å². The van der Waals surface area contributed by atoms with Gasteiger partial charge in [0.15, 0.2) is 11.5 Å². The third kappa shape index (κ3) is 2.92. The first kappa shape index (κ1) is 13.1. The zero-order valence-corrected chi connectivity index (χ0v) is 10.8. The van der Waals surface area contributed by atoms with Crippen molar-refractivity contribution in [3.63, 3.8) is 0 Å². The van der Waals surface area contributed by atoms with Gasteiger partial charge in [0.05, 0.1) is 5.02 Å². The summed E-state index contributed by atoms with van der Waals surface area (Å²) in [4.78, 5) is 7.95. The van der Waals surface area contributed by atoms with Gasteiger partial charge in [-0.25, -0.2) is 9.97 Å². The Morgan fingerprint density at radius 1 is 1.37 bits per heavy atom. The summed E-state index contributed by atoms with van der Waals surface area (Å²) < 4.78 is 5.57. The van der Waals surface area contributed by atoms with Gasteiger partial charge in [-0.1, -0.05) is 22.8 Å². The van der Waals surface area contributed by atoms with E-state index in [9.17, 15) is 0 Å². The van der Waals surface area contributed by atoms with Gasteiger partial charge in [-0.2, -0.15) is 0 Å². The van der Waals surface area contributed by atoms with Crippen LogP contribution in [-0.2, 0) is 0 Å². The summed E-state index contributed by atoms with van der Waals surface area (Å²) in [6.45, 7) is 1.91. The molecule has 0 radical (unpaired) electrons. The molecule has 0 unspecified atom stereocenters. The predicted octanol–water partition coefficient (Wildman–Crippen LogP) is 2.33. The Kier molecular flexibility index (Phi) is 3.82. The van der Waals surface area contributed by atoms with Crippen molar-refractivity contribution >= 4 is 17.4 Å². The molecule has 7 heteroatoms. The van der Waals surface area contributed by atoms with Gasteiger partial charge in [-0.3, -0.25) is 0 Å². The first-order valence-electron chi connectivity index (χ1n) is 5.34. The molecule has 2 rings (SSSR count). The Balaban J connectivity index is 2.41. The summed E-state index contributed by atoms with van der Waals surface area (Å²) in [5.74, 6) is 0.353. The largest absolute Gasteiger partial charge is 0.435 e. The molecule has 3 N–H and O–H groups in total. The lowest BCUT2D eigenvalue weighted by Crippen LogP contribution is -2.16. The van der Waals surface area contributed by atoms with E-state index in [-0.39, 0.29) is 17.4 Å². The SMILES string of the molecule is Cc1ccc(Cl)c(Oc2nccnc2C(N)=NO)c1. The highest BCUT2D eigenvalue weighted by Crippen LogP contribution is 2.30.